The van der Waals surface area contributed by atoms with E-state index >= 15 is 0 Å². The van der Waals surface area contributed by atoms with Crippen LogP contribution in [0.25, 0.3) is 0 Å². The van der Waals surface area contributed by atoms with Crippen LogP contribution >= 0.6 is 0 Å². The van der Waals surface area contributed by atoms with Crippen molar-refractivity contribution in [3.8, 4) is 0 Å². The van der Waals surface area contributed by atoms with Crippen molar-refractivity contribution in [1.29, 1.82) is 0 Å². The summed E-state index contributed by atoms with van der Waals surface area (Å²) in [4.78, 5) is 4.00. The molecule has 4 heteroatoms. The van der Waals surface area contributed by atoms with Crippen LogP contribution < -0.4 is 5.73 Å². The number of hydrogen-bond acceptors (Lipinski definition) is 3. The van der Waals surface area contributed by atoms with Gasteiger partial charge in [0.25, 0.3) is 0 Å². The van der Waals surface area contributed by atoms with Gasteiger partial charge in [-0.25, -0.2) is 4.39 Å². The van der Waals surface area contributed by atoms with Gasteiger partial charge in [-0.15, -0.1) is 0 Å². The van der Waals surface area contributed by atoms with Crippen LogP contribution in [0.2, 0.25) is 0 Å². The molecule has 2 N–H and O–H groups in total. The Morgan fingerprint density at radius 1 is 1.80 bits per heavy atom. The van der Waals surface area contributed by atoms with Crippen LogP contribution in [0.4, 0.5) is 4.39 Å². The van der Waals surface area contributed by atoms with Crippen molar-refractivity contribution >= 4 is 5.84 Å². The van der Waals surface area contributed by atoms with Gasteiger partial charge in [0.05, 0.1) is 6.61 Å². The fourth-order valence-corrected chi connectivity index (χ4v) is 1.20. The second-order valence-electron chi connectivity index (χ2n) is 2.87. The molecule has 2 rings (SSSR count). The molecule has 1 saturated carbocycles. The van der Waals surface area contributed by atoms with Gasteiger partial charge in [-0.3, -0.25) is 4.99 Å². The van der Waals surface area contributed by atoms with Crippen molar-refractivity contribution in [2.75, 3.05) is 13.2 Å². The normalized spacial score (nSPS) is 45.3. The van der Waals surface area contributed by atoms with Crippen molar-refractivity contribution in [2.24, 2.45) is 10.7 Å². The number of nitrogens with zero attached hydrogens (tertiary/aromatic N) is 1. The third kappa shape index (κ3) is 0.718. The lowest BCUT2D eigenvalue weighted by Crippen LogP contribution is -2.33. The van der Waals surface area contributed by atoms with Gasteiger partial charge in [0.15, 0.2) is 0 Å². The molecule has 0 bridgehead atoms. The Kier molecular flexibility index (Phi) is 1.03. The van der Waals surface area contributed by atoms with Crippen molar-refractivity contribution in [1.82, 2.24) is 0 Å². The van der Waals surface area contributed by atoms with Crippen molar-refractivity contribution < 1.29 is 9.13 Å². The lowest BCUT2D eigenvalue weighted by Gasteiger charge is -2.17. The SMILES string of the molecule is NC1=NC2(COC1)CC2F. The average molecular weight is 144 g/mol. The molecule has 2 atom stereocenters. The summed E-state index contributed by atoms with van der Waals surface area (Å²) in [5.41, 5.74) is 4.80. The highest BCUT2D eigenvalue weighted by molar-refractivity contribution is 5.83. The highest BCUT2D eigenvalue weighted by Crippen LogP contribution is 2.44. The molecule has 3 nitrogen and oxygen atoms in total. The summed E-state index contributed by atoms with van der Waals surface area (Å²) in [7, 11) is 0. The summed E-state index contributed by atoms with van der Waals surface area (Å²) in [6, 6.07) is 0. The van der Waals surface area contributed by atoms with Gasteiger partial charge in [-0.05, 0) is 0 Å². The molecule has 1 aliphatic heterocycles. The van der Waals surface area contributed by atoms with E-state index in [0.717, 1.165) is 0 Å². The molecule has 0 aromatic carbocycles. The first-order valence-electron chi connectivity index (χ1n) is 3.29. The van der Waals surface area contributed by atoms with E-state index in [1.807, 2.05) is 0 Å². The summed E-state index contributed by atoms with van der Waals surface area (Å²) in [6.45, 7) is 0.753. The minimum absolute atomic E-state index is 0.356. The van der Waals surface area contributed by atoms with Gasteiger partial charge in [0.2, 0.25) is 0 Å². The molecule has 1 heterocycles. The van der Waals surface area contributed by atoms with E-state index in [1.165, 1.54) is 0 Å². The predicted molar refractivity (Wildman–Crippen MR) is 34.7 cm³/mol. The number of alkyl halides is 1. The Hall–Kier alpha value is -0.640. The quantitative estimate of drug-likeness (QED) is 0.514. The summed E-state index contributed by atoms with van der Waals surface area (Å²) < 4.78 is 17.6. The zero-order chi connectivity index (χ0) is 7.19. The van der Waals surface area contributed by atoms with Gasteiger partial charge in [0, 0.05) is 6.42 Å². The molecule has 1 aliphatic carbocycles. The highest BCUT2D eigenvalue weighted by atomic mass is 19.1. The minimum Gasteiger partial charge on any atom is -0.386 e. The molecule has 0 radical (unpaired) electrons. The Morgan fingerprint density at radius 3 is 2.90 bits per heavy atom. The molecule has 2 unspecified atom stereocenters. The Morgan fingerprint density at radius 2 is 2.50 bits per heavy atom. The predicted octanol–water partition coefficient (Wildman–Crippen LogP) is -0.146. The fraction of sp³-hybridized carbons (Fsp3) is 0.833. The van der Waals surface area contributed by atoms with Crippen LogP contribution in [0, 0.1) is 0 Å². The standard InChI is InChI=1S/C6H9FN2O/c7-4-1-6(4)3-10-2-5(8)9-6/h4H,1-3H2,(H2,8,9). The largest absolute Gasteiger partial charge is 0.386 e. The maximum absolute atomic E-state index is 12.6. The smallest absolute Gasteiger partial charge is 0.130 e. The van der Waals surface area contributed by atoms with Crippen LogP contribution in [0.5, 0.6) is 0 Å². The number of nitrogens with two attached hydrogens (primary N) is 1. The summed E-state index contributed by atoms with van der Waals surface area (Å²) in [5, 5.41) is 0. The molecular formula is C6H9FN2O. The number of hydrogen-bond donors (Lipinski definition) is 1. The molecule has 0 amide bonds. The Balaban J connectivity index is 2.18. The van der Waals surface area contributed by atoms with Crippen LogP contribution in [-0.4, -0.2) is 30.8 Å². The third-order valence-corrected chi connectivity index (χ3v) is 1.92. The number of ether oxygens (including phenoxy) is 1. The van der Waals surface area contributed by atoms with Crippen molar-refractivity contribution in [3.63, 3.8) is 0 Å². The minimum atomic E-state index is -0.827. The van der Waals surface area contributed by atoms with E-state index in [9.17, 15) is 4.39 Å². The number of aliphatic imine (C=N–C) groups is 1. The lowest BCUT2D eigenvalue weighted by molar-refractivity contribution is 0.126. The van der Waals surface area contributed by atoms with Gasteiger partial charge in [0.1, 0.15) is 24.2 Å². The molecule has 1 fully saturated rings. The monoisotopic (exact) mass is 144 g/mol. The van der Waals surface area contributed by atoms with E-state index in [0.29, 0.717) is 25.5 Å². The van der Waals surface area contributed by atoms with E-state index < -0.39 is 11.7 Å². The zero-order valence-corrected chi connectivity index (χ0v) is 5.51. The molecule has 0 aromatic rings. The lowest BCUT2D eigenvalue weighted by atomic mass is 10.3. The van der Waals surface area contributed by atoms with Gasteiger partial charge < -0.3 is 10.5 Å². The number of halogens is 1. The van der Waals surface area contributed by atoms with E-state index in [-0.39, 0.29) is 0 Å². The van der Waals surface area contributed by atoms with Crippen LogP contribution in [0.1, 0.15) is 6.42 Å². The summed E-state index contributed by atoms with van der Waals surface area (Å²) in [5.74, 6) is 0.423. The summed E-state index contributed by atoms with van der Waals surface area (Å²) >= 11 is 0. The second-order valence-corrected chi connectivity index (χ2v) is 2.87. The number of amidine groups is 1. The highest BCUT2D eigenvalue weighted by Gasteiger charge is 2.57. The van der Waals surface area contributed by atoms with E-state index in [4.69, 9.17) is 10.5 Å². The first kappa shape index (κ1) is 6.09. The van der Waals surface area contributed by atoms with Crippen molar-refractivity contribution in [3.05, 3.63) is 0 Å². The van der Waals surface area contributed by atoms with Crippen LogP contribution in [0.15, 0.2) is 4.99 Å². The molecule has 10 heavy (non-hydrogen) atoms. The maximum atomic E-state index is 12.6. The Labute approximate surface area is 58.1 Å². The van der Waals surface area contributed by atoms with Crippen molar-refractivity contribution in [2.45, 2.75) is 18.1 Å². The van der Waals surface area contributed by atoms with Gasteiger partial charge in [-0.1, -0.05) is 0 Å². The second kappa shape index (κ2) is 1.69. The summed E-state index contributed by atoms with van der Waals surface area (Å²) in [6.07, 6.45) is -0.348. The molecule has 2 aliphatic rings. The average Bonchev–Trinajstić information content (AvgIpc) is 2.41. The Bertz CT molecular complexity index is 194. The van der Waals surface area contributed by atoms with Gasteiger partial charge >= 0.3 is 0 Å². The van der Waals surface area contributed by atoms with E-state index in [1.54, 1.807) is 0 Å². The molecule has 56 valence electrons. The maximum Gasteiger partial charge on any atom is 0.130 e. The zero-order valence-electron chi connectivity index (χ0n) is 5.51. The number of rotatable bonds is 0. The van der Waals surface area contributed by atoms with Crippen LogP contribution in [-0.2, 0) is 4.74 Å². The molecule has 0 aromatic heterocycles. The molecule has 0 saturated heterocycles. The van der Waals surface area contributed by atoms with Gasteiger partial charge in [-0.2, -0.15) is 0 Å². The fourth-order valence-electron chi connectivity index (χ4n) is 1.20. The third-order valence-electron chi connectivity index (χ3n) is 1.92. The first-order chi connectivity index (χ1) is 4.73. The molecular weight excluding hydrogens is 135 g/mol. The molecule has 1 spiro atoms. The first-order valence-corrected chi connectivity index (χ1v) is 3.29. The van der Waals surface area contributed by atoms with E-state index in [2.05, 4.69) is 4.99 Å². The van der Waals surface area contributed by atoms with Crippen LogP contribution in [0.3, 0.4) is 0 Å². The topological polar surface area (TPSA) is 47.6 Å².